The van der Waals surface area contributed by atoms with Crippen LogP contribution in [0.4, 0.5) is 5.82 Å². The number of pyridine rings is 1. The molecule has 1 aromatic carbocycles. The van der Waals surface area contributed by atoms with E-state index >= 15 is 0 Å². The highest BCUT2D eigenvalue weighted by Crippen LogP contribution is 2.26. The first-order chi connectivity index (χ1) is 12.6. The molecule has 0 radical (unpaired) electrons. The lowest BCUT2D eigenvalue weighted by molar-refractivity contribution is 0.477. The van der Waals surface area contributed by atoms with Crippen molar-refractivity contribution in [1.29, 1.82) is 0 Å². The minimum absolute atomic E-state index is 0.373. The molecule has 140 valence electrons. The van der Waals surface area contributed by atoms with Gasteiger partial charge in [-0.3, -0.25) is 0 Å². The van der Waals surface area contributed by atoms with E-state index in [-0.39, 0.29) is 0 Å². The molecule has 26 heavy (non-hydrogen) atoms. The minimum atomic E-state index is -3.38. The molecular weight excluding hydrogens is 346 g/mol. The number of anilines is 1. The van der Waals surface area contributed by atoms with Crippen molar-refractivity contribution in [1.82, 2.24) is 9.29 Å². The van der Waals surface area contributed by atoms with Crippen LogP contribution in [0.3, 0.4) is 0 Å². The molecular formula is C20H27N3O2S. The van der Waals surface area contributed by atoms with Crippen LogP contribution in [0.2, 0.25) is 0 Å². The van der Waals surface area contributed by atoms with E-state index in [2.05, 4.69) is 5.32 Å². The summed E-state index contributed by atoms with van der Waals surface area (Å²) in [6.45, 7) is 1.26. The average molecular weight is 374 g/mol. The molecule has 0 spiro atoms. The molecule has 1 N–H and O–H groups in total. The Morgan fingerprint density at radius 2 is 1.65 bits per heavy atom. The second-order valence-electron chi connectivity index (χ2n) is 7.50. The smallest absolute Gasteiger partial charge is 0.243 e. The van der Waals surface area contributed by atoms with Crippen molar-refractivity contribution in [3.05, 3.63) is 30.3 Å². The SMILES string of the molecule is O=S(=O)(c1ccc2nc(NC3CCCCCC3)ccc2c1)N1CCCC1. The van der Waals surface area contributed by atoms with Gasteiger partial charge in [0.15, 0.2) is 0 Å². The van der Waals surface area contributed by atoms with Crippen LogP contribution in [0.25, 0.3) is 10.9 Å². The third-order valence-corrected chi connectivity index (χ3v) is 7.47. The molecule has 1 aromatic heterocycles. The highest BCUT2D eigenvalue weighted by atomic mass is 32.2. The van der Waals surface area contributed by atoms with Gasteiger partial charge in [0.1, 0.15) is 5.82 Å². The van der Waals surface area contributed by atoms with Crippen molar-refractivity contribution in [3.63, 3.8) is 0 Å². The highest BCUT2D eigenvalue weighted by Gasteiger charge is 2.27. The largest absolute Gasteiger partial charge is 0.367 e. The molecule has 6 heteroatoms. The highest BCUT2D eigenvalue weighted by molar-refractivity contribution is 7.89. The Kier molecular flexibility index (Phi) is 5.14. The maximum atomic E-state index is 12.7. The Morgan fingerprint density at radius 1 is 0.923 bits per heavy atom. The van der Waals surface area contributed by atoms with E-state index in [0.717, 1.165) is 29.6 Å². The third kappa shape index (κ3) is 3.71. The van der Waals surface area contributed by atoms with Crippen LogP contribution in [0.15, 0.2) is 35.2 Å². The van der Waals surface area contributed by atoms with E-state index in [0.29, 0.717) is 24.0 Å². The molecule has 1 saturated heterocycles. The molecule has 5 nitrogen and oxygen atoms in total. The van der Waals surface area contributed by atoms with Crippen LogP contribution in [0, 0.1) is 0 Å². The first kappa shape index (κ1) is 17.7. The molecule has 2 heterocycles. The second-order valence-corrected chi connectivity index (χ2v) is 9.43. The lowest BCUT2D eigenvalue weighted by atomic mass is 10.1. The zero-order valence-electron chi connectivity index (χ0n) is 15.2. The van der Waals surface area contributed by atoms with E-state index in [1.165, 1.54) is 38.5 Å². The molecule has 0 bridgehead atoms. The number of benzene rings is 1. The number of sulfonamides is 1. The van der Waals surface area contributed by atoms with Gasteiger partial charge in [0.25, 0.3) is 0 Å². The molecule has 2 aromatic rings. The van der Waals surface area contributed by atoms with Crippen molar-refractivity contribution in [3.8, 4) is 0 Å². The Balaban J connectivity index is 1.56. The summed E-state index contributed by atoms with van der Waals surface area (Å²) < 4.78 is 27.1. The minimum Gasteiger partial charge on any atom is -0.367 e. The molecule has 0 amide bonds. The molecule has 4 rings (SSSR count). The lowest BCUT2D eigenvalue weighted by Gasteiger charge is -2.18. The molecule has 0 atom stereocenters. The van der Waals surface area contributed by atoms with E-state index in [1.807, 2.05) is 18.2 Å². The van der Waals surface area contributed by atoms with Gasteiger partial charge in [-0.1, -0.05) is 25.7 Å². The number of hydrogen-bond donors (Lipinski definition) is 1. The van der Waals surface area contributed by atoms with E-state index < -0.39 is 10.0 Å². The molecule has 0 unspecified atom stereocenters. The van der Waals surface area contributed by atoms with Gasteiger partial charge in [-0.25, -0.2) is 13.4 Å². The standard InChI is InChI=1S/C20H27N3O2S/c24-26(25,23-13-5-6-14-23)18-10-11-19-16(15-18)9-12-20(22-19)21-17-7-3-1-2-4-8-17/h9-12,15,17H,1-8,13-14H2,(H,21,22). The van der Waals surface area contributed by atoms with Crippen molar-refractivity contribution < 1.29 is 8.42 Å². The van der Waals surface area contributed by atoms with Crippen molar-refractivity contribution in [2.24, 2.45) is 0 Å². The normalized spacial score (nSPS) is 20.3. The molecule has 2 fully saturated rings. The van der Waals surface area contributed by atoms with Gasteiger partial charge in [0.2, 0.25) is 10.0 Å². The Hall–Kier alpha value is -1.66. The van der Waals surface area contributed by atoms with Crippen LogP contribution in [0.1, 0.15) is 51.4 Å². The van der Waals surface area contributed by atoms with Gasteiger partial charge < -0.3 is 5.32 Å². The van der Waals surface area contributed by atoms with E-state index in [4.69, 9.17) is 4.98 Å². The van der Waals surface area contributed by atoms with Gasteiger partial charge in [0.05, 0.1) is 10.4 Å². The summed E-state index contributed by atoms with van der Waals surface area (Å²) in [6.07, 6.45) is 9.52. The van der Waals surface area contributed by atoms with Gasteiger partial charge in [0, 0.05) is 24.5 Å². The Bertz CT molecular complexity index is 868. The molecule has 2 aliphatic rings. The first-order valence-corrected chi connectivity index (χ1v) is 11.2. The summed E-state index contributed by atoms with van der Waals surface area (Å²) in [4.78, 5) is 5.07. The zero-order valence-corrected chi connectivity index (χ0v) is 16.0. The van der Waals surface area contributed by atoms with Gasteiger partial charge in [-0.15, -0.1) is 0 Å². The molecule has 1 aliphatic carbocycles. The van der Waals surface area contributed by atoms with Crippen LogP contribution in [-0.2, 0) is 10.0 Å². The fraction of sp³-hybridized carbons (Fsp3) is 0.550. The number of nitrogens with zero attached hydrogens (tertiary/aromatic N) is 2. The number of fused-ring (bicyclic) bond motifs is 1. The summed E-state index contributed by atoms with van der Waals surface area (Å²) >= 11 is 0. The topological polar surface area (TPSA) is 62.3 Å². The van der Waals surface area contributed by atoms with Crippen LogP contribution < -0.4 is 5.32 Å². The fourth-order valence-corrected chi connectivity index (χ4v) is 5.61. The molecule has 1 aliphatic heterocycles. The van der Waals surface area contributed by atoms with Crippen LogP contribution >= 0.6 is 0 Å². The first-order valence-electron chi connectivity index (χ1n) is 9.80. The van der Waals surface area contributed by atoms with Crippen molar-refractivity contribution in [2.75, 3.05) is 18.4 Å². The summed E-state index contributed by atoms with van der Waals surface area (Å²) in [7, 11) is -3.38. The van der Waals surface area contributed by atoms with E-state index in [1.54, 1.807) is 16.4 Å². The van der Waals surface area contributed by atoms with Gasteiger partial charge in [-0.2, -0.15) is 4.31 Å². The maximum Gasteiger partial charge on any atom is 0.243 e. The van der Waals surface area contributed by atoms with E-state index in [9.17, 15) is 8.42 Å². The quantitative estimate of drug-likeness (QED) is 0.818. The fourth-order valence-electron chi connectivity index (χ4n) is 4.05. The zero-order chi connectivity index (χ0) is 18.0. The summed E-state index contributed by atoms with van der Waals surface area (Å²) in [5.41, 5.74) is 0.837. The lowest BCUT2D eigenvalue weighted by Crippen LogP contribution is -2.27. The maximum absolute atomic E-state index is 12.7. The van der Waals surface area contributed by atoms with Crippen molar-refractivity contribution in [2.45, 2.75) is 62.3 Å². The average Bonchev–Trinajstić information content (AvgIpc) is 3.08. The van der Waals surface area contributed by atoms with Gasteiger partial charge in [-0.05, 0) is 56.0 Å². The van der Waals surface area contributed by atoms with Crippen molar-refractivity contribution >= 4 is 26.7 Å². The van der Waals surface area contributed by atoms with Crippen LogP contribution in [0.5, 0.6) is 0 Å². The number of aromatic nitrogens is 1. The van der Waals surface area contributed by atoms with Crippen LogP contribution in [-0.4, -0.2) is 36.8 Å². The number of nitrogens with one attached hydrogen (secondary N) is 1. The number of hydrogen-bond acceptors (Lipinski definition) is 4. The Labute approximate surface area is 155 Å². The monoisotopic (exact) mass is 373 g/mol. The summed E-state index contributed by atoms with van der Waals surface area (Å²) in [5, 5.41) is 4.44. The number of rotatable bonds is 4. The molecule has 1 saturated carbocycles. The summed E-state index contributed by atoms with van der Waals surface area (Å²) in [5.74, 6) is 0.888. The second kappa shape index (κ2) is 7.53. The predicted molar refractivity (Wildman–Crippen MR) is 105 cm³/mol. The van der Waals surface area contributed by atoms with Gasteiger partial charge >= 0.3 is 0 Å². The summed E-state index contributed by atoms with van der Waals surface area (Å²) in [6, 6.07) is 9.72. The Morgan fingerprint density at radius 3 is 2.38 bits per heavy atom. The predicted octanol–water partition coefficient (Wildman–Crippen LogP) is 4.15. The third-order valence-electron chi connectivity index (χ3n) is 5.57.